The largest absolute Gasteiger partial charge is 0.148 e. The molecule has 0 heterocycles. The van der Waals surface area contributed by atoms with Crippen molar-refractivity contribution in [2.24, 2.45) is 11.8 Å². The Balaban J connectivity index is 2.79. The molecular formula is C10H16S. The van der Waals surface area contributed by atoms with Crippen LogP contribution >= 0.6 is 12.6 Å². The van der Waals surface area contributed by atoms with Crippen molar-refractivity contribution >= 4 is 12.6 Å². The van der Waals surface area contributed by atoms with Crippen LogP contribution in [0.25, 0.3) is 0 Å². The summed E-state index contributed by atoms with van der Waals surface area (Å²) in [6, 6.07) is 0. The van der Waals surface area contributed by atoms with Crippen LogP contribution in [0.1, 0.15) is 27.2 Å². The zero-order valence-corrected chi connectivity index (χ0v) is 8.36. The summed E-state index contributed by atoms with van der Waals surface area (Å²) in [6.07, 6.45) is 5.77. The average Bonchev–Trinajstić information content (AvgIpc) is 1.97. The summed E-state index contributed by atoms with van der Waals surface area (Å²) < 4.78 is 0. The molecule has 0 spiro atoms. The summed E-state index contributed by atoms with van der Waals surface area (Å²) in [6.45, 7) is 6.64. The molecule has 0 aliphatic heterocycles. The van der Waals surface area contributed by atoms with E-state index in [2.05, 4.69) is 45.6 Å². The summed E-state index contributed by atoms with van der Waals surface area (Å²) in [5.41, 5.74) is 1.55. The molecule has 1 rings (SSSR count). The van der Waals surface area contributed by atoms with Crippen molar-refractivity contribution in [3.8, 4) is 0 Å². The Labute approximate surface area is 74.8 Å². The third-order valence-corrected chi connectivity index (χ3v) is 2.90. The van der Waals surface area contributed by atoms with Gasteiger partial charge in [-0.3, -0.25) is 0 Å². The average molecular weight is 168 g/mol. The van der Waals surface area contributed by atoms with E-state index in [1.54, 1.807) is 5.57 Å². The Hall–Kier alpha value is -0.170. The molecule has 11 heavy (non-hydrogen) atoms. The van der Waals surface area contributed by atoms with Crippen LogP contribution in [-0.2, 0) is 0 Å². The summed E-state index contributed by atoms with van der Waals surface area (Å²) in [7, 11) is 0. The lowest BCUT2D eigenvalue weighted by atomic mass is 9.89. The molecule has 0 radical (unpaired) electrons. The van der Waals surface area contributed by atoms with E-state index < -0.39 is 0 Å². The maximum absolute atomic E-state index is 4.41. The number of allylic oxidation sites excluding steroid dienone is 4. The van der Waals surface area contributed by atoms with Gasteiger partial charge in [0, 0.05) is 5.92 Å². The van der Waals surface area contributed by atoms with Crippen molar-refractivity contribution in [1.82, 2.24) is 0 Å². The van der Waals surface area contributed by atoms with Crippen LogP contribution in [0.5, 0.6) is 0 Å². The Kier molecular flexibility index (Phi) is 2.83. The van der Waals surface area contributed by atoms with Gasteiger partial charge in [0.15, 0.2) is 0 Å². The lowest BCUT2D eigenvalue weighted by molar-refractivity contribution is 0.734. The van der Waals surface area contributed by atoms with Gasteiger partial charge in [-0.2, -0.15) is 0 Å². The zero-order chi connectivity index (χ0) is 8.43. The quantitative estimate of drug-likeness (QED) is 0.450. The highest BCUT2D eigenvalue weighted by molar-refractivity contribution is 7.84. The topological polar surface area (TPSA) is 0 Å². The Morgan fingerprint density at radius 1 is 1.27 bits per heavy atom. The van der Waals surface area contributed by atoms with E-state index in [9.17, 15) is 0 Å². The number of hydrogen-bond acceptors (Lipinski definition) is 1. The van der Waals surface area contributed by atoms with Crippen LogP contribution in [0.3, 0.4) is 0 Å². The predicted molar refractivity (Wildman–Crippen MR) is 53.8 cm³/mol. The summed E-state index contributed by atoms with van der Waals surface area (Å²) >= 11 is 4.41. The Morgan fingerprint density at radius 2 is 1.91 bits per heavy atom. The van der Waals surface area contributed by atoms with Crippen LogP contribution in [0.15, 0.2) is 22.6 Å². The van der Waals surface area contributed by atoms with Crippen LogP contribution in [0, 0.1) is 11.8 Å². The fourth-order valence-corrected chi connectivity index (χ4v) is 1.81. The van der Waals surface area contributed by atoms with E-state index in [0.717, 1.165) is 0 Å². The number of thiol groups is 1. The van der Waals surface area contributed by atoms with Crippen LogP contribution in [-0.4, -0.2) is 0 Å². The first-order valence-electron chi connectivity index (χ1n) is 4.26. The van der Waals surface area contributed by atoms with Gasteiger partial charge in [-0.15, -0.1) is 12.6 Å². The lowest BCUT2D eigenvalue weighted by Crippen LogP contribution is -2.06. The molecule has 0 aromatic rings. The lowest BCUT2D eigenvalue weighted by Gasteiger charge is -2.21. The van der Waals surface area contributed by atoms with E-state index in [1.165, 1.54) is 11.3 Å². The van der Waals surface area contributed by atoms with Gasteiger partial charge in [0.05, 0.1) is 0 Å². The minimum Gasteiger partial charge on any atom is -0.148 e. The van der Waals surface area contributed by atoms with Gasteiger partial charge >= 0.3 is 0 Å². The van der Waals surface area contributed by atoms with E-state index in [4.69, 9.17) is 0 Å². The molecule has 0 N–H and O–H groups in total. The molecule has 0 aromatic heterocycles. The summed E-state index contributed by atoms with van der Waals surface area (Å²) in [4.78, 5) is 1.22. The van der Waals surface area contributed by atoms with E-state index in [1.807, 2.05) is 0 Å². The standard InChI is InChI=1S/C10H16S/c1-4-9-5-8(3)10(11)6-7(9)2/h5-8,11H,4H2,1-3H3. The van der Waals surface area contributed by atoms with Crippen molar-refractivity contribution < 1.29 is 0 Å². The number of hydrogen-bond donors (Lipinski definition) is 1. The fraction of sp³-hybridized carbons (Fsp3) is 0.600. The SMILES string of the molecule is CCC1=CC(C)C(S)=CC1C. The molecule has 0 amide bonds. The molecule has 0 fully saturated rings. The first kappa shape index (κ1) is 8.92. The molecule has 1 heteroatoms. The zero-order valence-electron chi connectivity index (χ0n) is 7.46. The van der Waals surface area contributed by atoms with Gasteiger partial charge in [0.1, 0.15) is 0 Å². The van der Waals surface area contributed by atoms with Gasteiger partial charge < -0.3 is 0 Å². The molecular weight excluding hydrogens is 152 g/mol. The van der Waals surface area contributed by atoms with E-state index >= 15 is 0 Å². The third kappa shape index (κ3) is 1.90. The minimum atomic E-state index is 0.532. The van der Waals surface area contributed by atoms with Gasteiger partial charge in [-0.1, -0.05) is 38.5 Å². The van der Waals surface area contributed by atoms with Crippen molar-refractivity contribution in [1.29, 1.82) is 0 Å². The second-order valence-corrected chi connectivity index (χ2v) is 3.78. The summed E-state index contributed by atoms with van der Waals surface area (Å²) in [5.74, 6) is 1.13. The maximum Gasteiger partial charge on any atom is 0.00469 e. The third-order valence-electron chi connectivity index (χ3n) is 2.34. The first-order chi connectivity index (χ1) is 5.15. The van der Waals surface area contributed by atoms with Crippen LogP contribution in [0.2, 0.25) is 0 Å². The summed E-state index contributed by atoms with van der Waals surface area (Å²) in [5, 5.41) is 0. The van der Waals surface area contributed by atoms with Crippen molar-refractivity contribution in [2.75, 3.05) is 0 Å². The van der Waals surface area contributed by atoms with Gasteiger partial charge in [-0.05, 0) is 17.2 Å². The maximum atomic E-state index is 4.41. The second-order valence-electron chi connectivity index (χ2n) is 3.26. The second kappa shape index (κ2) is 3.48. The van der Waals surface area contributed by atoms with Gasteiger partial charge in [-0.25, -0.2) is 0 Å². The van der Waals surface area contributed by atoms with Crippen molar-refractivity contribution in [2.45, 2.75) is 27.2 Å². The number of rotatable bonds is 1. The molecule has 0 aromatic carbocycles. The smallest absolute Gasteiger partial charge is 0.00469 e. The molecule has 2 atom stereocenters. The van der Waals surface area contributed by atoms with Crippen LogP contribution in [0.4, 0.5) is 0 Å². The normalized spacial score (nSPS) is 31.3. The molecule has 2 unspecified atom stereocenters. The fourth-order valence-electron chi connectivity index (χ4n) is 1.51. The minimum absolute atomic E-state index is 0.532. The van der Waals surface area contributed by atoms with Gasteiger partial charge in [0.2, 0.25) is 0 Å². The monoisotopic (exact) mass is 168 g/mol. The molecule has 0 bridgehead atoms. The van der Waals surface area contributed by atoms with Crippen molar-refractivity contribution in [3.63, 3.8) is 0 Å². The Bertz CT molecular complexity index is 201. The highest BCUT2D eigenvalue weighted by Gasteiger charge is 2.14. The molecule has 0 nitrogen and oxygen atoms in total. The van der Waals surface area contributed by atoms with Crippen molar-refractivity contribution in [3.05, 3.63) is 22.6 Å². The first-order valence-corrected chi connectivity index (χ1v) is 4.71. The molecule has 0 saturated carbocycles. The highest BCUT2D eigenvalue weighted by atomic mass is 32.1. The van der Waals surface area contributed by atoms with Crippen LogP contribution < -0.4 is 0 Å². The predicted octanol–water partition coefficient (Wildman–Crippen LogP) is 3.42. The molecule has 0 saturated heterocycles. The molecule has 1 aliphatic rings. The molecule has 62 valence electrons. The highest BCUT2D eigenvalue weighted by Crippen LogP contribution is 2.30. The Morgan fingerprint density at radius 3 is 2.45 bits per heavy atom. The molecule has 1 aliphatic carbocycles. The van der Waals surface area contributed by atoms with E-state index in [-0.39, 0.29) is 0 Å². The van der Waals surface area contributed by atoms with Gasteiger partial charge in [0.25, 0.3) is 0 Å². The van der Waals surface area contributed by atoms with E-state index in [0.29, 0.717) is 11.8 Å².